The van der Waals surface area contributed by atoms with Crippen LogP contribution >= 0.6 is 15.9 Å². The van der Waals surface area contributed by atoms with Crippen molar-refractivity contribution in [3.05, 3.63) is 34.7 Å². The van der Waals surface area contributed by atoms with Crippen LogP contribution in [0.15, 0.2) is 29.0 Å². The average Bonchev–Trinajstić information content (AvgIpc) is 2.94. The van der Waals surface area contributed by atoms with Gasteiger partial charge in [-0.05, 0) is 47.3 Å². The first-order chi connectivity index (χ1) is 9.74. The number of carbonyl (C=O) groups is 1. The predicted octanol–water partition coefficient (Wildman–Crippen LogP) is 2.05. The van der Waals surface area contributed by atoms with Crippen LogP contribution in [0.25, 0.3) is 5.82 Å². The lowest BCUT2D eigenvalue weighted by molar-refractivity contribution is 0.0717. The molecular weight excluding hydrogens is 322 g/mol. The van der Waals surface area contributed by atoms with Gasteiger partial charge in [-0.2, -0.15) is 5.10 Å². The Morgan fingerprint density at radius 2 is 1.95 bits per heavy atom. The summed E-state index contributed by atoms with van der Waals surface area (Å²) >= 11 is 3.33. The van der Waals surface area contributed by atoms with E-state index < -0.39 is 0 Å². The molecule has 0 aliphatic carbocycles. The summed E-state index contributed by atoms with van der Waals surface area (Å²) in [6.07, 6.45) is 6.80. The number of amides is 1. The molecule has 1 fully saturated rings. The van der Waals surface area contributed by atoms with Crippen LogP contribution in [0.4, 0.5) is 0 Å². The summed E-state index contributed by atoms with van der Waals surface area (Å²) in [6, 6.07) is 3.46. The molecule has 0 unspecified atom stereocenters. The van der Waals surface area contributed by atoms with Crippen molar-refractivity contribution in [2.75, 3.05) is 13.1 Å². The Bertz CT molecular complexity index is 603. The zero-order chi connectivity index (χ0) is 13.9. The SMILES string of the molecule is O=C(c1ccc(-n2cc(Br)cn2)nn1)N1CCCCC1. The molecule has 0 radical (unpaired) electrons. The lowest BCUT2D eigenvalue weighted by atomic mass is 10.1. The van der Waals surface area contributed by atoms with Crippen LogP contribution < -0.4 is 0 Å². The maximum absolute atomic E-state index is 12.2. The van der Waals surface area contributed by atoms with Crippen LogP contribution in [-0.4, -0.2) is 43.9 Å². The zero-order valence-electron chi connectivity index (χ0n) is 10.9. The van der Waals surface area contributed by atoms with Gasteiger partial charge in [0, 0.05) is 19.3 Å². The van der Waals surface area contributed by atoms with Crippen LogP contribution in [0.3, 0.4) is 0 Å². The van der Waals surface area contributed by atoms with Crippen LogP contribution in [0.5, 0.6) is 0 Å². The smallest absolute Gasteiger partial charge is 0.274 e. The molecule has 1 aliphatic heterocycles. The minimum atomic E-state index is -0.0367. The molecule has 1 saturated heterocycles. The summed E-state index contributed by atoms with van der Waals surface area (Å²) in [5.41, 5.74) is 0.391. The minimum Gasteiger partial charge on any atom is -0.337 e. The van der Waals surface area contributed by atoms with Gasteiger partial charge in [0.25, 0.3) is 5.91 Å². The van der Waals surface area contributed by atoms with Crippen molar-refractivity contribution >= 4 is 21.8 Å². The molecular formula is C13H14BrN5O. The van der Waals surface area contributed by atoms with Gasteiger partial charge < -0.3 is 4.90 Å². The molecule has 104 valence electrons. The number of nitrogens with zero attached hydrogens (tertiary/aromatic N) is 5. The molecule has 0 atom stereocenters. The standard InChI is InChI=1S/C13H14BrN5O/c14-10-8-15-19(9-10)12-5-4-11(16-17-12)13(20)18-6-2-1-3-7-18/h4-5,8-9H,1-3,6-7H2. The summed E-state index contributed by atoms with van der Waals surface area (Å²) in [5, 5.41) is 12.2. The molecule has 0 aromatic carbocycles. The lowest BCUT2D eigenvalue weighted by Gasteiger charge is -2.26. The van der Waals surface area contributed by atoms with Gasteiger partial charge in [0.15, 0.2) is 11.5 Å². The molecule has 0 spiro atoms. The first-order valence-corrected chi connectivity index (χ1v) is 7.37. The first kappa shape index (κ1) is 13.2. The molecule has 2 aromatic rings. The number of carbonyl (C=O) groups excluding carboxylic acids is 1. The number of hydrogen-bond acceptors (Lipinski definition) is 4. The molecule has 0 N–H and O–H groups in total. The van der Waals surface area contributed by atoms with E-state index in [0.29, 0.717) is 11.5 Å². The fourth-order valence-corrected chi connectivity index (χ4v) is 2.53. The Kier molecular flexibility index (Phi) is 3.77. The highest BCUT2D eigenvalue weighted by atomic mass is 79.9. The van der Waals surface area contributed by atoms with E-state index in [4.69, 9.17) is 0 Å². The molecule has 3 rings (SSSR count). The van der Waals surface area contributed by atoms with Gasteiger partial charge in [-0.1, -0.05) is 0 Å². The van der Waals surface area contributed by atoms with Gasteiger partial charge in [0.2, 0.25) is 0 Å². The van der Waals surface area contributed by atoms with E-state index in [0.717, 1.165) is 30.4 Å². The summed E-state index contributed by atoms with van der Waals surface area (Å²) < 4.78 is 2.47. The molecule has 1 aliphatic rings. The highest BCUT2D eigenvalue weighted by Gasteiger charge is 2.19. The van der Waals surface area contributed by atoms with Gasteiger partial charge in [-0.15, -0.1) is 10.2 Å². The second kappa shape index (κ2) is 5.70. The highest BCUT2D eigenvalue weighted by Crippen LogP contribution is 2.13. The predicted molar refractivity (Wildman–Crippen MR) is 76.6 cm³/mol. The maximum Gasteiger partial charge on any atom is 0.274 e. The fourth-order valence-electron chi connectivity index (χ4n) is 2.25. The fraction of sp³-hybridized carbons (Fsp3) is 0.385. The van der Waals surface area contributed by atoms with Crippen molar-refractivity contribution < 1.29 is 4.79 Å². The molecule has 0 bridgehead atoms. The number of aromatic nitrogens is 4. The van der Waals surface area contributed by atoms with Gasteiger partial charge in [0.05, 0.1) is 10.7 Å². The van der Waals surface area contributed by atoms with Crippen LogP contribution in [0, 0.1) is 0 Å². The van der Waals surface area contributed by atoms with Crippen molar-refractivity contribution in [2.24, 2.45) is 0 Å². The monoisotopic (exact) mass is 335 g/mol. The molecule has 2 aromatic heterocycles. The molecule has 6 nitrogen and oxygen atoms in total. The zero-order valence-corrected chi connectivity index (χ0v) is 12.5. The van der Waals surface area contributed by atoms with Crippen LogP contribution in [-0.2, 0) is 0 Å². The Morgan fingerprint density at radius 3 is 2.55 bits per heavy atom. The van der Waals surface area contributed by atoms with E-state index >= 15 is 0 Å². The normalized spacial score (nSPS) is 15.3. The van der Waals surface area contributed by atoms with E-state index in [9.17, 15) is 4.79 Å². The Labute approximate surface area is 124 Å². The second-order valence-electron chi connectivity index (χ2n) is 4.73. The molecule has 7 heteroatoms. The topological polar surface area (TPSA) is 63.9 Å². The molecule has 0 saturated carbocycles. The third kappa shape index (κ3) is 2.72. The van der Waals surface area contributed by atoms with Crippen LogP contribution in [0.1, 0.15) is 29.8 Å². The minimum absolute atomic E-state index is 0.0367. The Balaban J connectivity index is 1.77. The lowest BCUT2D eigenvalue weighted by Crippen LogP contribution is -2.36. The van der Waals surface area contributed by atoms with E-state index in [-0.39, 0.29) is 5.91 Å². The van der Waals surface area contributed by atoms with Crippen molar-refractivity contribution in [1.82, 2.24) is 24.9 Å². The second-order valence-corrected chi connectivity index (χ2v) is 5.65. The summed E-state index contributed by atoms with van der Waals surface area (Å²) in [7, 11) is 0. The molecule has 3 heterocycles. The van der Waals surface area contributed by atoms with Crippen molar-refractivity contribution in [3.8, 4) is 5.82 Å². The van der Waals surface area contributed by atoms with E-state index in [1.54, 1.807) is 29.2 Å². The Morgan fingerprint density at radius 1 is 1.15 bits per heavy atom. The van der Waals surface area contributed by atoms with Gasteiger partial charge in [0.1, 0.15) is 0 Å². The van der Waals surface area contributed by atoms with E-state index in [2.05, 4.69) is 31.2 Å². The maximum atomic E-state index is 12.2. The van der Waals surface area contributed by atoms with Crippen molar-refractivity contribution in [1.29, 1.82) is 0 Å². The Hall–Kier alpha value is -1.76. The van der Waals surface area contributed by atoms with Gasteiger partial charge >= 0.3 is 0 Å². The van der Waals surface area contributed by atoms with Gasteiger partial charge in [-0.3, -0.25) is 4.79 Å². The summed E-state index contributed by atoms with van der Waals surface area (Å²) in [5.74, 6) is 0.552. The number of hydrogen-bond donors (Lipinski definition) is 0. The third-order valence-electron chi connectivity index (χ3n) is 3.30. The summed E-state index contributed by atoms with van der Waals surface area (Å²) in [4.78, 5) is 14.1. The first-order valence-electron chi connectivity index (χ1n) is 6.57. The van der Waals surface area contributed by atoms with Crippen LogP contribution in [0.2, 0.25) is 0 Å². The number of piperidine rings is 1. The van der Waals surface area contributed by atoms with Gasteiger partial charge in [-0.25, -0.2) is 4.68 Å². The van der Waals surface area contributed by atoms with E-state index in [1.165, 1.54) is 6.42 Å². The largest absolute Gasteiger partial charge is 0.337 e. The molecule has 1 amide bonds. The van der Waals surface area contributed by atoms with E-state index in [1.807, 2.05) is 4.90 Å². The number of likely N-dealkylation sites (tertiary alicyclic amines) is 1. The number of halogens is 1. The van der Waals surface area contributed by atoms with Crippen molar-refractivity contribution in [3.63, 3.8) is 0 Å². The summed E-state index contributed by atoms with van der Waals surface area (Å²) in [6.45, 7) is 1.63. The average molecular weight is 336 g/mol. The highest BCUT2D eigenvalue weighted by molar-refractivity contribution is 9.10. The van der Waals surface area contributed by atoms with Crippen molar-refractivity contribution in [2.45, 2.75) is 19.3 Å². The quantitative estimate of drug-likeness (QED) is 0.842. The third-order valence-corrected chi connectivity index (χ3v) is 3.71. The number of rotatable bonds is 2. The molecule has 20 heavy (non-hydrogen) atoms.